The molecule has 3 amide bonds. The lowest BCUT2D eigenvalue weighted by molar-refractivity contribution is -0.119. The zero-order valence-electron chi connectivity index (χ0n) is 11.0. The second-order valence-corrected chi connectivity index (χ2v) is 5.01. The van der Waals surface area contributed by atoms with E-state index >= 15 is 0 Å². The predicted molar refractivity (Wildman–Crippen MR) is 82.0 cm³/mol. The van der Waals surface area contributed by atoms with Crippen molar-refractivity contribution in [1.82, 2.24) is 5.32 Å². The molecule has 1 aromatic carbocycles. The highest BCUT2D eigenvalue weighted by Crippen LogP contribution is 2.15. The minimum absolute atomic E-state index is 0.0223. The van der Waals surface area contributed by atoms with Crippen molar-refractivity contribution in [3.8, 4) is 0 Å². The van der Waals surface area contributed by atoms with Gasteiger partial charge in [0.05, 0.1) is 6.54 Å². The maximum absolute atomic E-state index is 11.6. The minimum Gasteiger partial charge on any atom is -0.375 e. The molecule has 108 valence electrons. The maximum atomic E-state index is 11.6. The number of benzene rings is 1. The topological polar surface area (TPSA) is 79.5 Å². The molecule has 0 radical (unpaired) electrons. The van der Waals surface area contributed by atoms with Gasteiger partial charge in [0.1, 0.15) is 6.61 Å². The number of methoxy groups -OCH3 is 1. The quantitative estimate of drug-likeness (QED) is 0.742. The van der Waals surface area contributed by atoms with E-state index in [0.717, 1.165) is 0 Å². The summed E-state index contributed by atoms with van der Waals surface area (Å²) in [6.45, 7) is 3.92. The molecular formula is C13H16BrN3O3. The summed E-state index contributed by atoms with van der Waals surface area (Å²) in [6.07, 6.45) is 0. The van der Waals surface area contributed by atoms with Gasteiger partial charge in [0.15, 0.2) is 0 Å². The number of hydrogen-bond donors (Lipinski definition) is 3. The lowest BCUT2D eigenvalue weighted by atomic mass is 10.2. The molecule has 0 bridgehead atoms. The molecule has 20 heavy (non-hydrogen) atoms. The Morgan fingerprint density at radius 1 is 1.30 bits per heavy atom. The van der Waals surface area contributed by atoms with Crippen LogP contribution in [0.15, 0.2) is 35.3 Å². The van der Waals surface area contributed by atoms with Gasteiger partial charge in [-0.3, -0.25) is 4.79 Å². The third-order valence-electron chi connectivity index (χ3n) is 2.12. The Hall–Kier alpha value is -1.86. The normalized spacial score (nSPS) is 9.70. The Kier molecular flexibility index (Phi) is 6.75. The van der Waals surface area contributed by atoms with Crippen molar-refractivity contribution in [3.63, 3.8) is 0 Å². The molecule has 0 aliphatic heterocycles. The number of ether oxygens (including phenoxy) is 1. The smallest absolute Gasteiger partial charge is 0.319 e. The van der Waals surface area contributed by atoms with Crippen molar-refractivity contribution in [3.05, 3.63) is 35.3 Å². The van der Waals surface area contributed by atoms with Crippen LogP contribution < -0.4 is 16.0 Å². The van der Waals surface area contributed by atoms with E-state index in [1.165, 1.54) is 7.11 Å². The third-order valence-corrected chi connectivity index (χ3v) is 2.40. The van der Waals surface area contributed by atoms with Crippen LogP contribution in [-0.4, -0.2) is 32.2 Å². The van der Waals surface area contributed by atoms with Gasteiger partial charge >= 0.3 is 6.03 Å². The van der Waals surface area contributed by atoms with Crippen LogP contribution in [-0.2, 0) is 9.53 Å². The predicted octanol–water partition coefficient (Wildman–Crippen LogP) is 2.30. The van der Waals surface area contributed by atoms with Crippen LogP contribution >= 0.6 is 15.9 Å². The molecule has 1 aromatic rings. The summed E-state index contributed by atoms with van der Waals surface area (Å²) in [4.78, 5) is 22.9. The molecule has 7 heteroatoms. The van der Waals surface area contributed by atoms with Gasteiger partial charge in [0.25, 0.3) is 0 Å². The fourth-order valence-corrected chi connectivity index (χ4v) is 1.49. The second kappa shape index (κ2) is 8.34. The summed E-state index contributed by atoms with van der Waals surface area (Å²) >= 11 is 3.15. The van der Waals surface area contributed by atoms with Crippen molar-refractivity contribution in [2.45, 2.75) is 0 Å². The fourth-order valence-electron chi connectivity index (χ4n) is 1.35. The van der Waals surface area contributed by atoms with Gasteiger partial charge in [-0.1, -0.05) is 28.6 Å². The van der Waals surface area contributed by atoms with Crippen LogP contribution in [0.1, 0.15) is 0 Å². The monoisotopic (exact) mass is 341 g/mol. The molecule has 0 unspecified atom stereocenters. The summed E-state index contributed by atoms with van der Waals surface area (Å²) in [5.74, 6) is -0.260. The number of urea groups is 1. The van der Waals surface area contributed by atoms with E-state index in [0.29, 0.717) is 22.4 Å². The summed E-state index contributed by atoms with van der Waals surface area (Å²) in [7, 11) is 1.44. The molecule has 0 atom stereocenters. The standard InChI is InChI=1S/C13H16BrN3O3/c1-9(14)7-15-13(19)17-11-5-3-4-10(6-11)16-12(18)8-20-2/h3-6H,1,7-8H2,2H3,(H,16,18)(H2,15,17,19). The zero-order chi connectivity index (χ0) is 15.0. The van der Waals surface area contributed by atoms with Crippen LogP contribution in [0.2, 0.25) is 0 Å². The minimum atomic E-state index is -0.356. The van der Waals surface area contributed by atoms with E-state index in [1.54, 1.807) is 24.3 Å². The molecule has 0 fully saturated rings. The number of halogens is 1. The molecule has 3 N–H and O–H groups in total. The molecule has 0 spiro atoms. The average molecular weight is 342 g/mol. The highest BCUT2D eigenvalue weighted by molar-refractivity contribution is 9.11. The van der Waals surface area contributed by atoms with Crippen LogP contribution in [0.25, 0.3) is 0 Å². The highest BCUT2D eigenvalue weighted by atomic mass is 79.9. The van der Waals surface area contributed by atoms with E-state index in [-0.39, 0.29) is 18.5 Å². The number of carbonyl (C=O) groups is 2. The van der Waals surface area contributed by atoms with Gasteiger partial charge < -0.3 is 20.7 Å². The average Bonchev–Trinajstić information content (AvgIpc) is 2.37. The Balaban J connectivity index is 2.57. The Labute approximate surface area is 125 Å². The highest BCUT2D eigenvalue weighted by Gasteiger charge is 2.04. The summed E-state index contributed by atoms with van der Waals surface area (Å²) in [5.41, 5.74) is 1.15. The maximum Gasteiger partial charge on any atom is 0.319 e. The zero-order valence-corrected chi connectivity index (χ0v) is 12.6. The number of rotatable bonds is 6. The Morgan fingerprint density at radius 3 is 2.55 bits per heavy atom. The number of amides is 3. The van der Waals surface area contributed by atoms with Gasteiger partial charge in [0, 0.05) is 23.0 Å². The molecule has 0 aliphatic carbocycles. The van der Waals surface area contributed by atoms with Gasteiger partial charge in [-0.25, -0.2) is 4.79 Å². The Morgan fingerprint density at radius 2 is 1.95 bits per heavy atom. The number of carbonyl (C=O) groups excluding carboxylic acids is 2. The van der Waals surface area contributed by atoms with Gasteiger partial charge in [-0.2, -0.15) is 0 Å². The fraction of sp³-hybridized carbons (Fsp3) is 0.231. The lowest BCUT2D eigenvalue weighted by Gasteiger charge is -2.09. The third kappa shape index (κ3) is 6.35. The van der Waals surface area contributed by atoms with Gasteiger partial charge in [-0.05, 0) is 18.2 Å². The number of hydrogen-bond acceptors (Lipinski definition) is 3. The van der Waals surface area contributed by atoms with Gasteiger partial charge in [0.2, 0.25) is 5.91 Å². The van der Waals surface area contributed by atoms with Gasteiger partial charge in [-0.15, -0.1) is 0 Å². The molecular weight excluding hydrogens is 326 g/mol. The van der Waals surface area contributed by atoms with Crippen molar-refractivity contribution >= 4 is 39.2 Å². The van der Waals surface area contributed by atoms with E-state index in [4.69, 9.17) is 4.74 Å². The number of nitrogens with one attached hydrogen (secondary N) is 3. The van der Waals surface area contributed by atoms with Crippen LogP contribution in [0, 0.1) is 0 Å². The molecule has 0 aromatic heterocycles. The first-order chi connectivity index (χ1) is 9.51. The first-order valence-electron chi connectivity index (χ1n) is 5.78. The SMILES string of the molecule is C=C(Br)CNC(=O)Nc1cccc(NC(=O)COC)c1. The van der Waals surface area contributed by atoms with Crippen molar-refractivity contribution in [2.24, 2.45) is 0 Å². The van der Waals surface area contributed by atoms with Crippen molar-refractivity contribution in [2.75, 3.05) is 30.9 Å². The first-order valence-corrected chi connectivity index (χ1v) is 6.57. The van der Waals surface area contributed by atoms with Crippen molar-refractivity contribution in [1.29, 1.82) is 0 Å². The second-order valence-electron chi connectivity index (χ2n) is 3.89. The lowest BCUT2D eigenvalue weighted by Crippen LogP contribution is -2.29. The molecule has 6 nitrogen and oxygen atoms in total. The van der Waals surface area contributed by atoms with Crippen molar-refractivity contribution < 1.29 is 14.3 Å². The summed E-state index contributed by atoms with van der Waals surface area (Å²) in [6, 6.07) is 6.45. The molecule has 1 rings (SSSR count). The summed E-state index contributed by atoms with van der Waals surface area (Å²) in [5, 5.41) is 7.91. The van der Waals surface area contributed by atoms with Crippen LogP contribution in [0.5, 0.6) is 0 Å². The molecule has 0 aliphatic rings. The van der Waals surface area contributed by atoms with E-state index in [9.17, 15) is 9.59 Å². The Bertz CT molecular complexity index is 505. The molecule has 0 saturated carbocycles. The molecule has 0 saturated heterocycles. The largest absolute Gasteiger partial charge is 0.375 e. The summed E-state index contributed by atoms with van der Waals surface area (Å²) < 4.78 is 5.39. The van der Waals surface area contributed by atoms with E-state index in [2.05, 4.69) is 38.5 Å². The number of anilines is 2. The van der Waals surface area contributed by atoms with E-state index in [1.807, 2.05) is 0 Å². The molecule has 0 heterocycles. The van der Waals surface area contributed by atoms with Crippen LogP contribution in [0.4, 0.5) is 16.2 Å². The first kappa shape index (κ1) is 16.2. The van der Waals surface area contributed by atoms with E-state index < -0.39 is 0 Å². The van der Waals surface area contributed by atoms with Crippen LogP contribution in [0.3, 0.4) is 0 Å².